The standard InChI is InChI=1S/C16H13N3O2/c20-16(14-5-7-21-11-14)19-9-12-3-4-15(18-8-12)13-2-1-6-17-10-13/h1-8,10-11H,9H2,(H,19,20). The van der Waals surface area contributed by atoms with E-state index in [-0.39, 0.29) is 5.91 Å². The number of amides is 1. The molecule has 0 aliphatic heterocycles. The van der Waals surface area contributed by atoms with Crippen LogP contribution in [0.5, 0.6) is 0 Å². The molecule has 0 atom stereocenters. The highest BCUT2D eigenvalue weighted by Gasteiger charge is 2.06. The largest absolute Gasteiger partial charge is 0.472 e. The van der Waals surface area contributed by atoms with Gasteiger partial charge in [-0.25, -0.2) is 0 Å². The molecular weight excluding hydrogens is 266 g/mol. The van der Waals surface area contributed by atoms with Gasteiger partial charge in [-0.05, 0) is 29.8 Å². The van der Waals surface area contributed by atoms with Crippen LogP contribution in [0.2, 0.25) is 0 Å². The Balaban J connectivity index is 1.64. The van der Waals surface area contributed by atoms with Gasteiger partial charge in [0.25, 0.3) is 5.91 Å². The van der Waals surface area contributed by atoms with Gasteiger partial charge in [0, 0.05) is 30.7 Å². The number of nitrogens with zero attached hydrogens (tertiary/aromatic N) is 2. The molecule has 0 aliphatic rings. The molecule has 0 spiro atoms. The highest BCUT2D eigenvalue weighted by Crippen LogP contribution is 2.15. The fourth-order valence-electron chi connectivity index (χ4n) is 1.89. The molecule has 0 aliphatic carbocycles. The van der Waals surface area contributed by atoms with Crippen molar-refractivity contribution in [2.24, 2.45) is 0 Å². The van der Waals surface area contributed by atoms with Crippen molar-refractivity contribution in [1.29, 1.82) is 0 Å². The number of rotatable bonds is 4. The fourth-order valence-corrected chi connectivity index (χ4v) is 1.89. The summed E-state index contributed by atoms with van der Waals surface area (Å²) in [7, 11) is 0. The van der Waals surface area contributed by atoms with Crippen molar-refractivity contribution in [3.8, 4) is 11.3 Å². The van der Waals surface area contributed by atoms with Crippen LogP contribution >= 0.6 is 0 Å². The lowest BCUT2D eigenvalue weighted by Crippen LogP contribution is -2.22. The molecule has 0 aromatic carbocycles. The first kappa shape index (κ1) is 13.1. The quantitative estimate of drug-likeness (QED) is 0.797. The van der Waals surface area contributed by atoms with E-state index < -0.39 is 0 Å². The van der Waals surface area contributed by atoms with E-state index in [0.717, 1.165) is 16.8 Å². The molecule has 3 aromatic rings. The van der Waals surface area contributed by atoms with E-state index in [1.807, 2.05) is 24.3 Å². The second-order valence-electron chi connectivity index (χ2n) is 4.49. The molecule has 3 heterocycles. The smallest absolute Gasteiger partial charge is 0.254 e. The fraction of sp³-hybridized carbons (Fsp3) is 0.0625. The third kappa shape index (κ3) is 3.14. The van der Waals surface area contributed by atoms with Crippen molar-refractivity contribution < 1.29 is 9.21 Å². The molecule has 0 saturated heterocycles. The van der Waals surface area contributed by atoms with Crippen LogP contribution < -0.4 is 5.32 Å². The van der Waals surface area contributed by atoms with Gasteiger partial charge in [-0.15, -0.1) is 0 Å². The number of carbonyl (C=O) groups excluding carboxylic acids is 1. The van der Waals surface area contributed by atoms with Gasteiger partial charge < -0.3 is 9.73 Å². The van der Waals surface area contributed by atoms with Crippen molar-refractivity contribution in [2.45, 2.75) is 6.54 Å². The lowest BCUT2D eigenvalue weighted by Gasteiger charge is -2.05. The van der Waals surface area contributed by atoms with E-state index in [4.69, 9.17) is 4.42 Å². The van der Waals surface area contributed by atoms with E-state index in [9.17, 15) is 4.79 Å². The zero-order chi connectivity index (χ0) is 14.5. The molecule has 21 heavy (non-hydrogen) atoms. The Hall–Kier alpha value is -2.95. The number of aromatic nitrogens is 2. The summed E-state index contributed by atoms with van der Waals surface area (Å²) in [6.07, 6.45) is 8.13. The van der Waals surface area contributed by atoms with Crippen molar-refractivity contribution in [2.75, 3.05) is 0 Å². The molecule has 3 aromatic heterocycles. The van der Waals surface area contributed by atoms with E-state index in [1.165, 1.54) is 12.5 Å². The minimum Gasteiger partial charge on any atom is -0.472 e. The maximum absolute atomic E-state index is 11.8. The predicted molar refractivity (Wildman–Crippen MR) is 77.3 cm³/mol. The second-order valence-corrected chi connectivity index (χ2v) is 4.49. The average Bonchev–Trinajstić information content (AvgIpc) is 3.08. The highest BCUT2D eigenvalue weighted by atomic mass is 16.3. The van der Waals surface area contributed by atoms with Crippen molar-refractivity contribution >= 4 is 5.91 Å². The van der Waals surface area contributed by atoms with Crippen LogP contribution in [0.25, 0.3) is 11.3 Å². The molecule has 0 fully saturated rings. The monoisotopic (exact) mass is 279 g/mol. The number of furan rings is 1. The summed E-state index contributed by atoms with van der Waals surface area (Å²) in [5, 5.41) is 2.81. The van der Waals surface area contributed by atoms with Crippen LogP contribution in [0, 0.1) is 0 Å². The normalized spacial score (nSPS) is 10.3. The van der Waals surface area contributed by atoms with Crippen LogP contribution in [0.3, 0.4) is 0 Å². The summed E-state index contributed by atoms with van der Waals surface area (Å²) in [5.41, 5.74) is 3.26. The Bertz CT molecular complexity index is 707. The van der Waals surface area contributed by atoms with E-state index in [0.29, 0.717) is 12.1 Å². The number of pyridine rings is 2. The molecule has 104 valence electrons. The number of carbonyl (C=O) groups is 1. The molecule has 0 saturated carbocycles. The lowest BCUT2D eigenvalue weighted by atomic mass is 10.1. The molecule has 1 amide bonds. The van der Waals surface area contributed by atoms with Gasteiger partial charge in [0.1, 0.15) is 6.26 Å². The van der Waals surface area contributed by atoms with Crippen molar-refractivity contribution in [3.05, 3.63) is 72.6 Å². The lowest BCUT2D eigenvalue weighted by molar-refractivity contribution is 0.0950. The summed E-state index contributed by atoms with van der Waals surface area (Å²) in [6, 6.07) is 9.30. The van der Waals surface area contributed by atoms with Crippen molar-refractivity contribution in [1.82, 2.24) is 15.3 Å². The Kier molecular flexibility index (Phi) is 3.73. The Morgan fingerprint density at radius 3 is 2.81 bits per heavy atom. The number of hydrogen-bond donors (Lipinski definition) is 1. The van der Waals surface area contributed by atoms with Crippen LogP contribution in [0.4, 0.5) is 0 Å². The number of hydrogen-bond acceptors (Lipinski definition) is 4. The zero-order valence-electron chi connectivity index (χ0n) is 11.2. The molecule has 0 radical (unpaired) electrons. The molecule has 0 bridgehead atoms. The SMILES string of the molecule is O=C(NCc1ccc(-c2cccnc2)nc1)c1ccoc1. The van der Waals surface area contributed by atoms with E-state index in [2.05, 4.69) is 15.3 Å². The zero-order valence-corrected chi connectivity index (χ0v) is 11.2. The van der Waals surface area contributed by atoms with Crippen LogP contribution in [-0.2, 0) is 6.54 Å². The van der Waals surface area contributed by atoms with Gasteiger partial charge in [-0.1, -0.05) is 6.07 Å². The first-order valence-electron chi connectivity index (χ1n) is 6.48. The summed E-state index contributed by atoms with van der Waals surface area (Å²) in [5.74, 6) is -0.167. The van der Waals surface area contributed by atoms with E-state index in [1.54, 1.807) is 24.7 Å². The van der Waals surface area contributed by atoms with Crippen molar-refractivity contribution in [3.63, 3.8) is 0 Å². The third-order valence-electron chi connectivity index (χ3n) is 3.02. The molecule has 3 rings (SSSR count). The van der Waals surface area contributed by atoms with Gasteiger partial charge >= 0.3 is 0 Å². The summed E-state index contributed by atoms with van der Waals surface area (Å²) < 4.78 is 4.87. The maximum atomic E-state index is 11.8. The van der Waals surface area contributed by atoms with E-state index >= 15 is 0 Å². The van der Waals surface area contributed by atoms with Crippen LogP contribution in [0.1, 0.15) is 15.9 Å². The topological polar surface area (TPSA) is 68.0 Å². The Labute approximate surface area is 121 Å². The van der Waals surface area contributed by atoms with Gasteiger partial charge in [-0.2, -0.15) is 0 Å². The first-order chi connectivity index (χ1) is 10.3. The van der Waals surface area contributed by atoms with Gasteiger partial charge in [0.05, 0.1) is 17.5 Å². The van der Waals surface area contributed by atoms with Crippen LogP contribution in [-0.4, -0.2) is 15.9 Å². The molecule has 5 nitrogen and oxygen atoms in total. The van der Waals surface area contributed by atoms with Gasteiger partial charge in [0.15, 0.2) is 0 Å². The maximum Gasteiger partial charge on any atom is 0.254 e. The molecule has 0 unspecified atom stereocenters. The predicted octanol–water partition coefficient (Wildman–Crippen LogP) is 2.67. The van der Waals surface area contributed by atoms with Gasteiger partial charge in [0.2, 0.25) is 0 Å². The summed E-state index contributed by atoms with van der Waals surface area (Å²) in [6.45, 7) is 0.421. The summed E-state index contributed by atoms with van der Waals surface area (Å²) >= 11 is 0. The Morgan fingerprint density at radius 2 is 2.14 bits per heavy atom. The van der Waals surface area contributed by atoms with Gasteiger partial charge in [-0.3, -0.25) is 14.8 Å². The molecule has 5 heteroatoms. The summed E-state index contributed by atoms with van der Waals surface area (Å²) in [4.78, 5) is 20.2. The highest BCUT2D eigenvalue weighted by molar-refractivity contribution is 5.93. The minimum atomic E-state index is -0.167. The third-order valence-corrected chi connectivity index (χ3v) is 3.02. The number of nitrogens with one attached hydrogen (secondary N) is 1. The molecular formula is C16H13N3O2. The minimum absolute atomic E-state index is 0.167. The Morgan fingerprint density at radius 1 is 1.19 bits per heavy atom. The first-order valence-corrected chi connectivity index (χ1v) is 6.48. The average molecular weight is 279 g/mol. The molecule has 1 N–H and O–H groups in total. The second kappa shape index (κ2) is 6.00. The van der Waals surface area contributed by atoms with Crippen LogP contribution in [0.15, 0.2) is 65.9 Å².